The van der Waals surface area contributed by atoms with Gasteiger partial charge in [-0.3, -0.25) is 0 Å². The van der Waals surface area contributed by atoms with Gasteiger partial charge in [0.05, 0.1) is 0 Å². The van der Waals surface area contributed by atoms with Gasteiger partial charge in [0.15, 0.2) is 0 Å². The molecule has 0 unspecified atom stereocenters. The Bertz CT molecular complexity index is 2350. The smallest absolute Gasteiger partial charge is 0.0340 e. The molecule has 0 bridgehead atoms. The molecule has 0 heteroatoms. The van der Waals surface area contributed by atoms with Crippen LogP contribution in [0.5, 0.6) is 0 Å². The summed E-state index contributed by atoms with van der Waals surface area (Å²) in [7, 11) is 0. The van der Waals surface area contributed by atoms with E-state index in [-0.39, 0.29) is 0 Å². The van der Waals surface area contributed by atoms with Crippen LogP contribution in [0.2, 0.25) is 0 Å². The van der Waals surface area contributed by atoms with Gasteiger partial charge in [-0.1, -0.05) is 142 Å². The summed E-state index contributed by atoms with van der Waals surface area (Å²) in [6.45, 7) is 6.64. The molecule has 0 aliphatic carbocycles. The molecule has 0 heterocycles. The average molecular weight is 629 g/mol. The Labute approximate surface area is 291 Å². The number of aryl methyl sites for hydroxylation is 3. The molecule has 0 nitrogen and oxygen atoms in total. The lowest BCUT2D eigenvalue weighted by Crippen LogP contribution is -1.92. The fourth-order valence-corrected chi connectivity index (χ4v) is 6.76. The van der Waals surface area contributed by atoms with E-state index in [2.05, 4.69) is 172 Å². The van der Waals surface area contributed by atoms with Crippen LogP contribution < -0.4 is 0 Å². The van der Waals surface area contributed by atoms with Crippen molar-refractivity contribution in [3.8, 4) is 35.5 Å². The van der Waals surface area contributed by atoms with Crippen molar-refractivity contribution in [2.75, 3.05) is 0 Å². The Kier molecular flexibility index (Phi) is 9.47. The molecule has 0 aliphatic rings. The molecule has 49 heavy (non-hydrogen) atoms. The number of hydrogen-bond donors (Lipinski definition) is 0. The van der Waals surface area contributed by atoms with Crippen molar-refractivity contribution in [3.05, 3.63) is 165 Å². The predicted octanol–water partition coefficient (Wildman–Crippen LogP) is 11.6. The van der Waals surface area contributed by atoms with Gasteiger partial charge < -0.3 is 0 Å². The quantitative estimate of drug-likeness (QED) is 0.127. The maximum absolute atomic E-state index is 3.56. The summed E-state index contributed by atoms with van der Waals surface area (Å²) in [5, 5.41) is 7.08. The van der Waals surface area contributed by atoms with Gasteiger partial charge in [0.25, 0.3) is 0 Å². The lowest BCUT2D eigenvalue weighted by Gasteiger charge is -2.14. The Morgan fingerprint density at radius 3 is 1.14 bits per heavy atom. The SMILES string of the molecule is CCCc1ccc(C#Cc2ccc3ccc4c(C#Cc5ccc(CCC)cc5)cc(C#Cc5ccc(CCC)cc5)c5ccc2c3c45)cc1. The maximum Gasteiger partial charge on any atom is 0.0340 e. The molecule has 0 radical (unpaired) electrons. The number of rotatable bonds is 6. The molecule has 7 aromatic carbocycles. The van der Waals surface area contributed by atoms with Crippen molar-refractivity contribution < 1.29 is 0 Å². The summed E-state index contributed by atoms with van der Waals surface area (Å²) in [5.74, 6) is 21.0. The first-order chi connectivity index (χ1) is 24.1. The Morgan fingerprint density at radius 1 is 0.347 bits per heavy atom. The fourth-order valence-electron chi connectivity index (χ4n) is 6.76. The highest BCUT2D eigenvalue weighted by Crippen LogP contribution is 2.38. The Hall–Kier alpha value is -5.74. The minimum Gasteiger partial charge on any atom is -0.0651 e. The molecule has 0 N–H and O–H groups in total. The van der Waals surface area contributed by atoms with Crippen LogP contribution in [-0.2, 0) is 19.3 Å². The Morgan fingerprint density at radius 2 is 0.714 bits per heavy atom. The first-order valence-corrected chi connectivity index (χ1v) is 17.7. The van der Waals surface area contributed by atoms with Crippen molar-refractivity contribution in [1.29, 1.82) is 0 Å². The van der Waals surface area contributed by atoms with Gasteiger partial charge in [0, 0.05) is 33.4 Å². The van der Waals surface area contributed by atoms with E-state index in [1.807, 2.05) is 0 Å². The molecule has 0 saturated heterocycles. The fraction of sp³-hybridized carbons (Fsp3) is 0.184. The lowest BCUT2D eigenvalue weighted by molar-refractivity contribution is 0.922. The van der Waals surface area contributed by atoms with E-state index in [0.29, 0.717) is 0 Å². The second-order valence-electron chi connectivity index (χ2n) is 12.9. The maximum atomic E-state index is 3.56. The summed E-state index contributed by atoms with van der Waals surface area (Å²) in [5.41, 5.74) is 10.1. The van der Waals surface area contributed by atoms with Gasteiger partial charge in [-0.2, -0.15) is 0 Å². The van der Waals surface area contributed by atoms with E-state index in [1.165, 1.54) is 32.8 Å². The van der Waals surface area contributed by atoms with Crippen LogP contribution in [0.3, 0.4) is 0 Å². The molecule has 0 fully saturated rings. The highest BCUT2D eigenvalue weighted by molar-refractivity contribution is 6.25. The lowest BCUT2D eigenvalue weighted by atomic mass is 9.88. The second-order valence-corrected chi connectivity index (χ2v) is 12.9. The van der Waals surface area contributed by atoms with E-state index in [9.17, 15) is 0 Å². The van der Waals surface area contributed by atoms with E-state index in [1.54, 1.807) is 0 Å². The highest BCUT2D eigenvalue weighted by atomic mass is 14.2. The van der Waals surface area contributed by atoms with E-state index in [0.717, 1.165) is 88.1 Å². The molecule has 0 atom stereocenters. The molecule has 7 aromatic rings. The van der Waals surface area contributed by atoms with Crippen LogP contribution in [-0.4, -0.2) is 0 Å². The molecule has 0 amide bonds. The van der Waals surface area contributed by atoms with Gasteiger partial charge in [-0.15, -0.1) is 0 Å². The molecule has 236 valence electrons. The molecule has 7 rings (SSSR count). The van der Waals surface area contributed by atoms with Gasteiger partial charge in [-0.05, 0) is 117 Å². The summed E-state index contributed by atoms with van der Waals surface area (Å²) >= 11 is 0. The first kappa shape index (κ1) is 31.8. The highest BCUT2D eigenvalue weighted by Gasteiger charge is 2.15. The minimum atomic E-state index is 0.991. The third-order valence-electron chi connectivity index (χ3n) is 9.28. The first-order valence-electron chi connectivity index (χ1n) is 17.7. The van der Waals surface area contributed by atoms with E-state index < -0.39 is 0 Å². The predicted molar refractivity (Wildman–Crippen MR) is 209 cm³/mol. The third-order valence-corrected chi connectivity index (χ3v) is 9.28. The Balaban J connectivity index is 1.38. The molecule has 0 aromatic heterocycles. The minimum absolute atomic E-state index is 0.991. The van der Waals surface area contributed by atoms with Crippen LogP contribution >= 0.6 is 0 Å². The number of benzene rings is 7. The van der Waals surface area contributed by atoms with Crippen LogP contribution in [0, 0.1) is 35.5 Å². The average Bonchev–Trinajstić information content (AvgIpc) is 3.14. The molecule has 0 spiro atoms. The van der Waals surface area contributed by atoms with Crippen LogP contribution in [0.1, 0.15) is 90.1 Å². The molecule has 0 aliphatic heterocycles. The molecule has 0 saturated carbocycles. The standard InChI is InChI=1S/C49H40/c1-4-7-35-10-16-38(17-11-35)22-25-41-28-29-42-30-31-46-43(26-23-39-18-12-36(8-5-2)13-19-39)34-44(47-33-32-45(41)48(42)49(46)47)27-24-40-20-14-37(9-6-3)15-21-40/h10-21,28-34H,4-9H2,1-3H3. The van der Waals surface area contributed by atoms with Crippen molar-refractivity contribution >= 4 is 32.3 Å². The zero-order chi connectivity index (χ0) is 33.6. The van der Waals surface area contributed by atoms with Gasteiger partial charge in [0.1, 0.15) is 0 Å². The number of hydrogen-bond acceptors (Lipinski definition) is 0. The second kappa shape index (κ2) is 14.6. The summed E-state index contributed by atoms with van der Waals surface area (Å²) in [4.78, 5) is 0. The third kappa shape index (κ3) is 6.95. The van der Waals surface area contributed by atoms with Crippen LogP contribution in [0.4, 0.5) is 0 Å². The molecular formula is C49H40. The summed E-state index contributed by atoms with van der Waals surface area (Å²) in [6.07, 6.45) is 6.69. The van der Waals surface area contributed by atoms with Gasteiger partial charge >= 0.3 is 0 Å². The normalized spacial score (nSPS) is 10.8. The van der Waals surface area contributed by atoms with Crippen LogP contribution in [0.25, 0.3) is 32.3 Å². The zero-order valence-corrected chi connectivity index (χ0v) is 28.7. The van der Waals surface area contributed by atoms with E-state index >= 15 is 0 Å². The van der Waals surface area contributed by atoms with Crippen molar-refractivity contribution in [2.24, 2.45) is 0 Å². The summed E-state index contributed by atoms with van der Waals surface area (Å²) < 4.78 is 0. The zero-order valence-electron chi connectivity index (χ0n) is 28.7. The van der Waals surface area contributed by atoms with Crippen molar-refractivity contribution in [1.82, 2.24) is 0 Å². The largest absolute Gasteiger partial charge is 0.0651 e. The van der Waals surface area contributed by atoms with Crippen molar-refractivity contribution in [3.63, 3.8) is 0 Å². The van der Waals surface area contributed by atoms with Crippen molar-refractivity contribution in [2.45, 2.75) is 59.3 Å². The molecular weight excluding hydrogens is 589 g/mol. The summed E-state index contributed by atoms with van der Waals surface area (Å²) in [6, 6.07) is 41.5. The van der Waals surface area contributed by atoms with E-state index in [4.69, 9.17) is 0 Å². The topological polar surface area (TPSA) is 0 Å². The monoisotopic (exact) mass is 628 g/mol. The van der Waals surface area contributed by atoms with Crippen LogP contribution in [0.15, 0.2) is 115 Å². The van der Waals surface area contributed by atoms with Gasteiger partial charge in [-0.25, -0.2) is 0 Å². The van der Waals surface area contributed by atoms with Gasteiger partial charge in [0.2, 0.25) is 0 Å².